The average molecular weight is 572 g/mol. The summed E-state index contributed by atoms with van der Waals surface area (Å²) in [5.41, 5.74) is 11.9. The van der Waals surface area contributed by atoms with E-state index in [1.165, 1.54) is 36.2 Å². The quantitative estimate of drug-likeness (QED) is 0.185. The third kappa shape index (κ3) is 7.24. The van der Waals surface area contributed by atoms with Gasteiger partial charge in [-0.2, -0.15) is 0 Å². The van der Waals surface area contributed by atoms with Gasteiger partial charge in [-0.3, -0.25) is 4.79 Å². The molecule has 0 aliphatic carbocycles. The van der Waals surface area contributed by atoms with Crippen molar-refractivity contribution in [2.45, 2.75) is 20.8 Å². The van der Waals surface area contributed by atoms with Crippen molar-refractivity contribution in [3.05, 3.63) is 101 Å². The van der Waals surface area contributed by atoms with Gasteiger partial charge in [-0.25, -0.2) is 19.0 Å². The number of nitrogens with two attached hydrogens (primary N) is 1. The van der Waals surface area contributed by atoms with Crippen molar-refractivity contribution >= 4 is 23.9 Å². The Balaban J connectivity index is 0.000000175. The Morgan fingerprint density at radius 1 is 0.714 bits per heavy atom. The minimum atomic E-state index is -0.368. The molecule has 0 amide bonds. The molecule has 2 heterocycles. The lowest BCUT2D eigenvalue weighted by molar-refractivity contribution is 0.0591. The van der Waals surface area contributed by atoms with Crippen LogP contribution in [0.25, 0.3) is 11.4 Å². The summed E-state index contributed by atoms with van der Waals surface area (Å²) in [6, 6.07) is 15.9. The molecule has 0 radical (unpaired) electrons. The van der Waals surface area contributed by atoms with Gasteiger partial charge in [-0.15, -0.1) is 10.2 Å². The molecule has 14 heteroatoms. The summed E-state index contributed by atoms with van der Waals surface area (Å²) in [5, 5.41) is 21.7. The maximum atomic E-state index is 11.5. The predicted octanol–water partition coefficient (Wildman–Crippen LogP) is 2.90. The Morgan fingerprint density at radius 2 is 1.19 bits per heavy atom. The van der Waals surface area contributed by atoms with E-state index in [0.717, 1.165) is 34.4 Å². The number of aromatic nitrogens is 8. The first-order chi connectivity index (χ1) is 20.2. The molecule has 5 rings (SSSR count). The summed E-state index contributed by atoms with van der Waals surface area (Å²) in [5.74, 6) is -0.716. The molecule has 14 nitrogen and oxygen atoms in total. The molecule has 0 bridgehead atoms. The van der Waals surface area contributed by atoms with E-state index >= 15 is 0 Å². The lowest BCUT2D eigenvalue weighted by Crippen LogP contribution is -2.07. The number of hydrogen-bond acceptors (Lipinski definition) is 12. The summed E-state index contributed by atoms with van der Waals surface area (Å²) in [6.07, 6.45) is 3.80. The monoisotopic (exact) mass is 571 g/mol. The Kier molecular flexibility index (Phi) is 10.7. The standard InChI is InChI=1S/C10H10N4O2.C9H8N4O.C9H11NO2/c1-7-8(10(15)16-2)4-3-5-9(7)14-6-11-12-13-14;1-7-8(5-14)3-2-4-9(7)13-6-10-11-12-13;1-6-7(9(11)12-2)4-3-5-8(6)10/h3-6H,1-2H3;2-6H,1H3;3-5H,10H2,1-2H3. The summed E-state index contributed by atoms with van der Waals surface area (Å²) >= 11 is 0. The molecule has 0 aliphatic rings. The number of esters is 2. The van der Waals surface area contributed by atoms with E-state index in [4.69, 9.17) is 5.73 Å². The Bertz CT molecular complexity index is 1650. The number of benzene rings is 3. The molecule has 0 aliphatic heterocycles. The van der Waals surface area contributed by atoms with Crippen LogP contribution in [0.1, 0.15) is 47.8 Å². The predicted molar refractivity (Wildman–Crippen MR) is 151 cm³/mol. The molecule has 5 aromatic rings. The number of carbonyl (C=O) groups is 3. The maximum absolute atomic E-state index is 11.5. The zero-order valence-corrected chi connectivity index (χ0v) is 23.6. The third-order valence-electron chi connectivity index (χ3n) is 6.16. The number of tetrazole rings is 2. The number of nitrogens with zero attached hydrogens (tertiary/aromatic N) is 8. The highest BCUT2D eigenvalue weighted by Crippen LogP contribution is 2.18. The fourth-order valence-corrected chi connectivity index (χ4v) is 3.75. The lowest BCUT2D eigenvalue weighted by Gasteiger charge is -2.08. The Morgan fingerprint density at radius 3 is 1.67 bits per heavy atom. The van der Waals surface area contributed by atoms with Crippen LogP contribution in [0, 0.1) is 20.8 Å². The highest BCUT2D eigenvalue weighted by molar-refractivity contribution is 5.92. The van der Waals surface area contributed by atoms with Crippen molar-refractivity contribution in [1.82, 2.24) is 40.4 Å². The Labute approximate surface area is 241 Å². The number of rotatable bonds is 5. The highest BCUT2D eigenvalue weighted by Gasteiger charge is 2.13. The molecule has 42 heavy (non-hydrogen) atoms. The van der Waals surface area contributed by atoms with E-state index < -0.39 is 0 Å². The molecular weight excluding hydrogens is 542 g/mol. The fraction of sp³-hybridized carbons (Fsp3) is 0.179. The molecule has 0 spiro atoms. The summed E-state index contributed by atoms with van der Waals surface area (Å²) in [6.45, 7) is 5.48. The first-order valence-corrected chi connectivity index (χ1v) is 12.4. The van der Waals surface area contributed by atoms with Crippen molar-refractivity contribution in [2.24, 2.45) is 0 Å². The van der Waals surface area contributed by atoms with Gasteiger partial charge in [0.2, 0.25) is 0 Å². The number of hydrogen-bond donors (Lipinski definition) is 1. The Hall–Kier alpha value is -5.79. The van der Waals surface area contributed by atoms with Gasteiger partial charge in [0.1, 0.15) is 18.9 Å². The number of methoxy groups -OCH3 is 2. The van der Waals surface area contributed by atoms with Crippen LogP contribution in [0.2, 0.25) is 0 Å². The van der Waals surface area contributed by atoms with Gasteiger partial charge in [0, 0.05) is 11.3 Å². The molecule has 0 unspecified atom stereocenters. The van der Waals surface area contributed by atoms with Crippen molar-refractivity contribution in [3.63, 3.8) is 0 Å². The first kappa shape index (κ1) is 30.7. The van der Waals surface area contributed by atoms with Crippen LogP contribution in [-0.4, -0.2) is 72.9 Å². The average Bonchev–Trinajstić information content (AvgIpc) is 3.74. The lowest BCUT2D eigenvalue weighted by atomic mass is 10.1. The van der Waals surface area contributed by atoms with Crippen LogP contribution >= 0.6 is 0 Å². The molecule has 0 fully saturated rings. The van der Waals surface area contributed by atoms with E-state index in [1.54, 1.807) is 49.4 Å². The van der Waals surface area contributed by atoms with Crippen LogP contribution in [0.15, 0.2) is 67.3 Å². The molecule has 0 saturated carbocycles. The van der Waals surface area contributed by atoms with E-state index in [-0.39, 0.29) is 11.9 Å². The van der Waals surface area contributed by atoms with Gasteiger partial charge in [0.25, 0.3) is 0 Å². The van der Waals surface area contributed by atoms with Gasteiger partial charge in [0.05, 0.1) is 36.7 Å². The van der Waals surface area contributed by atoms with Crippen LogP contribution in [0.5, 0.6) is 0 Å². The smallest absolute Gasteiger partial charge is 0.338 e. The molecule has 3 aromatic carbocycles. The molecule has 0 atom stereocenters. The van der Waals surface area contributed by atoms with E-state index in [0.29, 0.717) is 22.4 Å². The topological polar surface area (TPSA) is 183 Å². The van der Waals surface area contributed by atoms with Crippen molar-refractivity contribution in [3.8, 4) is 11.4 Å². The second-order valence-electron chi connectivity index (χ2n) is 8.57. The summed E-state index contributed by atoms with van der Waals surface area (Å²) in [4.78, 5) is 33.3. The molecule has 216 valence electrons. The van der Waals surface area contributed by atoms with Gasteiger partial charge in [-0.05, 0) is 88.6 Å². The zero-order chi connectivity index (χ0) is 30.6. The largest absolute Gasteiger partial charge is 0.465 e. The normalized spacial score (nSPS) is 9.93. The minimum Gasteiger partial charge on any atom is -0.465 e. The van der Waals surface area contributed by atoms with E-state index in [1.807, 2.05) is 26.0 Å². The number of nitrogen functional groups attached to an aromatic ring is 1. The number of aldehydes is 1. The van der Waals surface area contributed by atoms with Crippen LogP contribution in [-0.2, 0) is 9.47 Å². The number of carbonyl (C=O) groups excluding carboxylic acids is 3. The van der Waals surface area contributed by atoms with Gasteiger partial charge in [0.15, 0.2) is 0 Å². The second kappa shape index (κ2) is 14.6. The number of anilines is 1. The van der Waals surface area contributed by atoms with Crippen molar-refractivity contribution < 1.29 is 23.9 Å². The summed E-state index contributed by atoms with van der Waals surface area (Å²) < 4.78 is 12.3. The molecular formula is C28H29N9O5. The van der Waals surface area contributed by atoms with Crippen LogP contribution in [0.3, 0.4) is 0 Å². The third-order valence-corrected chi connectivity index (χ3v) is 6.16. The minimum absolute atomic E-state index is 0.347. The molecule has 0 saturated heterocycles. The molecule has 2 aromatic heterocycles. The van der Waals surface area contributed by atoms with Gasteiger partial charge in [-0.1, -0.05) is 24.3 Å². The molecule has 2 N–H and O–H groups in total. The van der Waals surface area contributed by atoms with Crippen LogP contribution < -0.4 is 5.73 Å². The SMILES string of the molecule is COC(=O)c1cccc(-n2cnnn2)c1C.COC(=O)c1cccc(N)c1C.Cc1c(C=O)cccc1-n1cnnn1. The van der Waals surface area contributed by atoms with Crippen molar-refractivity contribution in [2.75, 3.05) is 20.0 Å². The number of ether oxygens (including phenoxy) is 2. The van der Waals surface area contributed by atoms with Gasteiger partial charge < -0.3 is 15.2 Å². The highest BCUT2D eigenvalue weighted by atomic mass is 16.5. The van der Waals surface area contributed by atoms with Crippen molar-refractivity contribution in [1.29, 1.82) is 0 Å². The zero-order valence-electron chi connectivity index (χ0n) is 23.6. The van der Waals surface area contributed by atoms with E-state index in [9.17, 15) is 14.4 Å². The van der Waals surface area contributed by atoms with E-state index in [2.05, 4.69) is 40.5 Å². The summed E-state index contributed by atoms with van der Waals surface area (Å²) in [7, 11) is 2.70. The maximum Gasteiger partial charge on any atom is 0.338 e. The second-order valence-corrected chi connectivity index (χ2v) is 8.57. The van der Waals surface area contributed by atoms with Gasteiger partial charge >= 0.3 is 11.9 Å². The first-order valence-electron chi connectivity index (χ1n) is 12.4. The fourth-order valence-electron chi connectivity index (χ4n) is 3.75. The van der Waals surface area contributed by atoms with Crippen LogP contribution in [0.4, 0.5) is 5.69 Å².